The Labute approximate surface area is 166 Å². The normalized spacial score (nSPS) is 11.6. The van der Waals surface area contributed by atoms with E-state index in [2.05, 4.69) is 39.8 Å². The van der Waals surface area contributed by atoms with Crippen molar-refractivity contribution >= 4 is 50.4 Å². The van der Waals surface area contributed by atoms with E-state index in [1.54, 1.807) is 4.68 Å². The molecule has 0 unspecified atom stereocenters. The Hall–Kier alpha value is -2.45. The van der Waals surface area contributed by atoms with Crippen molar-refractivity contribution in [1.29, 1.82) is 0 Å². The summed E-state index contributed by atoms with van der Waals surface area (Å²) < 4.78 is 2.82. The van der Waals surface area contributed by atoms with Gasteiger partial charge in [0, 0.05) is 6.54 Å². The molecule has 0 saturated carbocycles. The molecular formula is C18H21ClN6OS. The zero-order valence-electron chi connectivity index (χ0n) is 15.4. The summed E-state index contributed by atoms with van der Waals surface area (Å²) in [7, 11) is 0. The van der Waals surface area contributed by atoms with E-state index < -0.39 is 0 Å². The molecule has 0 spiro atoms. The maximum absolute atomic E-state index is 12.0. The summed E-state index contributed by atoms with van der Waals surface area (Å²) in [6, 6.07) is 7.83. The Morgan fingerprint density at radius 3 is 2.93 bits per heavy atom. The molecular weight excluding hydrogens is 384 g/mol. The molecule has 2 N–H and O–H groups in total. The van der Waals surface area contributed by atoms with Gasteiger partial charge in [-0.3, -0.25) is 9.48 Å². The van der Waals surface area contributed by atoms with Gasteiger partial charge in [0.15, 0.2) is 5.13 Å². The zero-order valence-corrected chi connectivity index (χ0v) is 16.9. The maximum atomic E-state index is 12.0. The number of aryl methyl sites for hydroxylation is 1. The van der Waals surface area contributed by atoms with Crippen LogP contribution in [0.15, 0.2) is 29.4 Å². The van der Waals surface area contributed by atoms with E-state index in [1.807, 2.05) is 31.2 Å². The molecule has 0 radical (unpaired) electrons. The van der Waals surface area contributed by atoms with Crippen LogP contribution in [0.1, 0.15) is 25.1 Å². The number of thiazole rings is 1. The van der Waals surface area contributed by atoms with E-state index in [0.717, 1.165) is 22.5 Å². The average Bonchev–Trinajstić information content (AvgIpc) is 3.15. The first-order valence-corrected chi connectivity index (χ1v) is 9.77. The Balaban J connectivity index is 1.55. The number of para-hydroxylation sites is 1. The number of nitrogens with one attached hydrogen (secondary N) is 2. The van der Waals surface area contributed by atoms with Crippen LogP contribution < -0.4 is 10.7 Å². The minimum Gasteiger partial charge on any atom is -0.352 e. The van der Waals surface area contributed by atoms with Gasteiger partial charge in [-0.15, -0.1) is 0 Å². The predicted molar refractivity (Wildman–Crippen MR) is 111 cm³/mol. The highest BCUT2D eigenvalue weighted by atomic mass is 35.5. The van der Waals surface area contributed by atoms with E-state index in [1.165, 1.54) is 17.6 Å². The van der Waals surface area contributed by atoms with Gasteiger partial charge in [0.2, 0.25) is 0 Å². The third kappa shape index (κ3) is 4.84. The molecule has 2 aromatic heterocycles. The van der Waals surface area contributed by atoms with Crippen LogP contribution in [-0.2, 0) is 11.3 Å². The summed E-state index contributed by atoms with van der Waals surface area (Å²) >= 11 is 7.85. The van der Waals surface area contributed by atoms with Gasteiger partial charge >= 0.3 is 0 Å². The second-order valence-electron chi connectivity index (χ2n) is 6.50. The first-order chi connectivity index (χ1) is 12.9. The number of halogens is 1. The summed E-state index contributed by atoms with van der Waals surface area (Å²) in [6.07, 6.45) is 1.52. The third-order valence-corrected chi connectivity index (χ3v) is 5.12. The van der Waals surface area contributed by atoms with Gasteiger partial charge in [-0.25, -0.2) is 10.4 Å². The van der Waals surface area contributed by atoms with Gasteiger partial charge in [-0.2, -0.15) is 10.2 Å². The van der Waals surface area contributed by atoms with Crippen molar-refractivity contribution in [2.45, 2.75) is 27.3 Å². The van der Waals surface area contributed by atoms with Gasteiger partial charge in [-0.1, -0.05) is 48.9 Å². The molecule has 9 heteroatoms. The highest BCUT2D eigenvalue weighted by Gasteiger charge is 2.12. The van der Waals surface area contributed by atoms with Crippen LogP contribution in [0, 0.1) is 12.8 Å². The number of hydrogen-bond donors (Lipinski definition) is 2. The van der Waals surface area contributed by atoms with E-state index in [0.29, 0.717) is 21.8 Å². The Kier molecular flexibility index (Phi) is 6.08. The van der Waals surface area contributed by atoms with Gasteiger partial charge < -0.3 is 5.32 Å². The smallest absolute Gasteiger partial charge is 0.259 e. The number of carbonyl (C=O) groups is 1. The van der Waals surface area contributed by atoms with E-state index in [-0.39, 0.29) is 12.5 Å². The number of anilines is 1. The van der Waals surface area contributed by atoms with Crippen LogP contribution in [0.3, 0.4) is 0 Å². The number of benzene rings is 1. The number of hydrazone groups is 1. The lowest BCUT2D eigenvalue weighted by Gasteiger charge is -2.05. The fourth-order valence-electron chi connectivity index (χ4n) is 2.49. The summed E-state index contributed by atoms with van der Waals surface area (Å²) in [5.74, 6) is 0.161. The van der Waals surface area contributed by atoms with Crippen LogP contribution in [0.25, 0.3) is 10.2 Å². The monoisotopic (exact) mass is 404 g/mol. The van der Waals surface area contributed by atoms with Gasteiger partial charge in [0.1, 0.15) is 5.15 Å². The van der Waals surface area contributed by atoms with Crippen molar-refractivity contribution < 1.29 is 4.79 Å². The lowest BCUT2D eigenvalue weighted by atomic mass is 10.2. The molecule has 0 aliphatic rings. The minimum atomic E-state index is -0.270. The fraction of sp³-hybridized carbons (Fsp3) is 0.333. The van der Waals surface area contributed by atoms with Crippen molar-refractivity contribution in [3.63, 3.8) is 0 Å². The SMILES string of the molecule is Cc1nn(CC(C)C)c(Cl)c1/C=N\NC(=O)CNc1nc2ccccc2s1. The largest absolute Gasteiger partial charge is 0.352 e. The van der Waals surface area contributed by atoms with Crippen molar-refractivity contribution in [2.75, 3.05) is 11.9 Å². The Bertz CT molecular complexity index is 945. The first-order valence-electron chi connectivity index (χ1n) is 8.58. The number of rotatable bonds is 7. The van der Waals surface area contributed by atoms with E-state index in [9.17, 15) is 4.79 Å². The molecule has 1 amide bonds. The second kappa shape index (κ2) is 8.49. The zero-order chi connectivity index (χ0) is 19.4. The summed E-state index contributed by atoms with van der Waals surface area (Å²) in [6.45, 7) is 6.86. The molecule has 0 bridgehead atoms. The molecule has 1 aromatic carbocycles. The number of fused-ring (bicyclic) bond motifs is 1. The van der Waals surface area contributed by atoms with Crippen LogP contribution in [-0.4, -0.2) is 33.4 Å². The second-order valence-corrected chi connectivity index (χ2v) is 7.89. The summed E-state index contributed by atoms with van der Waals surface area (Å²) in [4.78, 5) is 16.4. The molecule has 27 heavy (non-hydrogen) atoms. The fourth-order valence-corrected chi connectivity index (χ4v) is 3.65. The van der Waals surface area contributed by atoms with E-state index in [4.69, 9.17) is 11.6 Å². The number of carbonyl (C=O) groups excluding carboxylic acids is 1. The molecule has 3 aromatic rings. The predicted octanol–water partition coefficient (Wildman–Crippen LogP) is 3.67. The number of aromatic nitrogens is 3. The van der Waals surface area contributed by atoms with Gasteiger partial charge in [0.05, 0.1) is 34.2 Å². The van der Waals surface area contributed by atoms with Crippen LogP contribution in [0.4, 0.5) is 5.13 Å². The van der Waals surface area contributed by atoms with Crippen molar-refractivity contribution in [2.24, 2.45) is 11.0 Å². The van der Waals surface area contributed by atoms with Crippen molar-refractivity contribution in [3.05, 3.63) is 40.7 Å². The van der Waals surface area contributed by atoms with Gasteiger partial charge in [-0.05, 0) is 25.0 Å². The molecule has 0 aliphatic carbocycles. The standard InChI is InChI=1S/C18H21ClN6OS/c1-11(2)10-25-17(19)13(12(3)24-25)8-21-23-16(26)9-20-18-22-14-6-4-5-7-15(14)27-18/h4-8,11H,9-10H2,1-3H3,(H,20,22)(H,23,26)/b21-8-. The Morgan fingerprint density at radius 1 is 1.41 bits per heavy atom. The summed E-state index contributed by atoms with van der Waals surface area (Å²) in [5.41, 5.74) is 4.87. The van der Waals surface area contributed by atoms with Crippen LogP contribution in [0.5, 0.6) is 0 Å². The van der Waals surface area contributed by atoms with Crippen LogP contribution in [0.2, 0.25) is 5.15 Å². The summed E-state index contributed by atoms with van der Waals surface area (Å²) in [5, 5.41) is 12.6. The highest BCUT2D eigenvalue weighted by Crippen LogP contribution is 2.25. The van der Waals surface area contributed by atoms with Crippen molar-refractivity contribution in [1.82, 2.24) is 20.2 Å². The highest BCUT2D eigenvalue weighted by molar-refractivity contribution is 7.22. The minimum absolute atomic E-state index is 0.0798. The number of nitrogens with zero attached hydrogens (tertiary/aromatic N) is 4. The van der Waals surface area contributed by atoms with Crippen molar-refractivity contribution in [3.8, 4) is 0 Å². The molecule has 2 heterocycles. The molecule has 142 valence electrons. The average molecular weight is 405 g/mol. The first kappa shape index (κ1) is 19.3. The third-order valence-electron chi connectivity index (χ3n) is 3.72. The topological polar surface area (TPSA) is 84.2 Å². The molecule has 7 nitrogen and oxygen atoms in total. The lowest BCUT2D eigenvalue weighted by Crippen LogP contribution is -2.25. The van der Waals surface area contributed by atoms with Gasteiger partial charge in [0.25, 0.3) is 5.91 Å². The molecule has 0 saturated heterocycles. The lowest BCUT2D eigenvalue weighted by molar-refractivity contribution is -0.119. The quantitative estimate of drug-likeness (QED) is 0.464. The molecule has 3 rings (SSSR count). The molecule has 0 fully saturated rings. The number of amides is 1. The molecule has 0 atom stereocenters. The van der Waals surface area contributed by atoms with Crippen LogP contribution >= 0.6 is 22.9 Å². The number of hydrogen-bond acceptors (Lipinski definition) is 6. The molecule has 0 aliphatic heterocycles. The van der Waals surface area contributed by atoms with E-state index >= 15 is 0 Å². The maximum Gasteiger partial charge on any atom is 0.259 e. The Morgan fingerprint density at radius 2 is 2.19 bits per heavy atom.